The van der Waals surface area contributed by atoms with Gasteiger partial charge < -0.3 is 5.11 Å². The van der Waals surface area contributed by atoms with Crippen LogP contribution in [0.2, 0.25) is 0 Å². The standard InChI is InChI=1S/C12H10O2S2/c1-2-8-3-5-10(15-8)11-6-4-9(16-11)7-12(13)14/h3-6H,1-2,7H2/p+1. The number of rotatable bonds is 4. The van der Waals surface area contributed by atoms with Gasteiger partial charge in [-0.25, -0.2) is 0 Å². The Kier molecular flexibility index (Phi) is 3.31. The Bertz CT molecular complexity index is 497. The van der Waals surface area contributed by atoms with Gasteiger partial charge >= 0.3 is 5.97 Å². The molecule has 0 unspecified atom stereocenters. The van der Waals surface area contributed by atoms with Crippen LogP contribution in [0.25, 0.3) is 9.75 Å². The topological polar surface area (TPSA) is 37.3 Å². The summed E-state index contributed by atoms with van der Waals surface area (Å²) in [6, 6.07) is 8.02. The maximum atomic E-state index is 10.6. The molecule has 0 aromatic carbocycles. The Morgan fingerprint density at radius 2 is 1.69 bits per heavy atom. The van der Waals surface area contributed by atoms with Gasteiger partial charge in [0.2, 0.25) is 0 Å². The molecule has 0 spiro atoms. The smallest absolute Gasteiger partial charge is 0.308 e. The second-order valence-electron chi connectivity index (χ2n) is 3.35. The summed E-state index contributed by atoms with van der Waals surface area (Å²) in [6.45, 7) is 3.84. The van der Waals surface area contributed by atoms with Gasteiger partial charge in [0.1, 0.15) is 6.42 Å². The molecule has 0 aliphatic rings. The Labute approximate surface area is 102 Å². The number of thiophene rings is 2. The van der Waals surface area contributed by atoms with Crippen molar-refractivity contribution in [3.63, 3.8) is 0 Å². The molecule has 2 rings (SSSR count). The average Bonchev–Trinajstić information content (AvgIpc) is 2.83. The zero-order valence-electron chi connectivity index (χ0n) is 8.60. The quantitative estimate of drug-likeness (QED) is 0.845. The highest BCUT2D eigenvalue weighted by atomic mass is 32.1. The minimum Gasteiger partial charge on any atom is -0.481 e. The molecule has 2 aromatic rings. The molecule has 2 aromatic heterocycles. The van der Waals surface area contributed by atoms with Crippen LogP contribution in [0.15, 0.2) is 24.3 Å². The van der Waals surface area contributed by atoms with Crippen molar-refractivity contribution >= 4 is 28.6 Å². The Hall–Kier alpha value is -1.26. The molecule has 4 heteroatoms. The van der Waals surface area contributed by atoms with E-state index in [1.807, 2.05) is 12.1 Å². The normalized spacial score (nSPS) is 10.5. The molecule has 0 atom stereocenters. The first-order valence-electron chi connectivity index (χ1n) is 4.88. The van der Waals surface area contributed by atoms with E-state index in [1.165, 1.54) is 9.75 Å². The van der Waals surface area contributed by atoms with Crippen molar-refractivity contribution in [2.45, 2.75) is 12.8 Å². The number of carboxylic acids is 1. The Morgan fingerprint density at radius 3 is 2.19 bits per heavy atom. The third kappa shape index (κ3) is 2.46. The van der Waals surface area contributed by atoms with Gasteiger partial charge in [0.05, 0.1) is 13.3 Å². The molecule has 0 radical (unpaired) electrons. The van der Waals surface area contributed by atoms with Crippen LogP contribution in [-0.2, 0) is 17.6 Å². The van der Waals surface area contributed by atoms with Crippen molar-refractivity contribution in [2.75, 3.05) is 0 Å². The number of hydrogen-bond donors (Lipinski definition) is 1. The minimum absolute atomic E-state index is 0.109. The molecule has 0 saturated heterocycles. The molecular formula is C12H11O2S2+. The molecule has 0 saturated carbocycles. The highest BCUT2D eigenvalue weighted by Crippen LogP contribution is 2.33. The van der Waals surface area contributed by atoms with E-state index in [-0.39, 0.29) is 6.42 Å². The fourth-order valence-corrected chi connectivity index (χ4v) is 3.39. The first-order chi connectivity index (χ1) is 7.69. The lowest BCUT2D eigenvalue weighted by molar-refractivity contribution is -0.136. The van der Waals surface area contributed by atoms with Crippen molar-refractivity contribution < 1.29 is 9.90 Å². The fourth-order valence-electron chi connectivity index (χ4n) is 1.40. The molecule has 82 valence electrons. The summed E-state index contributed by atoms with van der Waals surface area (Å²) < 4.78 is 0. The van der Waals surface area contributed by atoms with Crippen molar-refractivity contribution in [3.8, 4) is 9.75 Å². The lowest BCUT2D eigenvalue weighted by Gasteiger charge is -1.90. The van der Waals surface area contributed by atoms with Crippen molar-refractivity contribution in [1.82, 2.24) is 0 Å². The maximum absolute atomic E-state index is 10.6. The molecule has 0 fully saturated rings. The highest BCUT2D eigenvalue weighted by Gasteiger charge is 2.08. The van der Waals surface area contributed by atoms with Gasteiger partial charge in [0, 0.05) is 19.5 Å². The van der Waals surface area contributed by atoms with Crippen LogP contribution < -0.4 is 0 Å². The van der Waals surface area contributed by atoms with Gasteiger partial charge in [0.15, 0.2) is 0 Å². The van der Waals surface area contributed by atoms with E-state index in [2.05, 4.69) is 19.1 Å². The molecule has 0 aliphatic carbocycles. The number of aliphatic carboxylic acids is 1. The largest absolute Gasteiger partial charge is 0.481 e. The SMILES string of the molecule is [CH2+]Cc1ccc(-c2ccc(CC(=O)O)s2)s1. The van der Waals surface area contributed by atoms with Crippen molar-refractivity contribution in [2.24, 2.45) is 0 Å². The summed E-state index contributed by atoms with van der Waals surface area (Å²) in [6.07, 6.45) is 0.913. The van der Waals surface area contributed by atoms with E-state index in [4.69, 9.17) is 5.11 Å². The van der Waals surface area contributed by atoms with Gasteiger partial charge in [-0.15, -0.1) is 22.7 Å². The molecule has 0 bridgehead atoms. The highest BCUT2D eigenvalue weighted by molar-refractivity contribution is 7.22. The maximum Gasteiger partial charge on any atom is 0.308 e. The van der Waals surface area contributed by atoms with Crippen molar-refractivity contribution in [3.05, 3.63) is 40.9 Å². The first-order valence-corrected chi connectivity index (χ1v) is 6.51. The van der Waals surface area contributed by atoms with Gasteiger partial charge in [-0.2, -0.15) is 0 Å². The van der Waals surface area contributed by atoms with Crippen LogP contribution >= 0.6 is 22.7 Å². The molecule has 0 aliphatic heterocycles. The summed E-state index contributed by atoms with van der Waals surface area (Å²) in [5.74, 6) is -0.780. The van der Waals surface area contributed by atoms with Crippen molar-refractivity contribution in [1.29, 1.82) is 0 Å². The van der Waals surface area contributed by atoms with E-state index in [9.17, 15) is 4.79 Å². The van der Waals surface area contributed by atoms with Crippen LogP contribution in [-0.4, -0.2) is 11.1 Å². The van der Waals surface area contributed by atoms with Gasteiger partial charge in [0.25, 0.3) is 0 Å². The third-order valence-electron chi connectivity index (χ3n) is 2.14. The zero-order chi connectivity index (χ0) is 11.5. The third-order valence-corrected chi connectivity index (χ3v) is 4.56. The van der Waals surface area contributed by atoms with Crippen LogP contribution in [0.4, 0.5) is 0 Å². The van der Waals surface area contributed by atoms with E-state index >= 15 is 0 Å². The summed E-state index contributed by atoms with van der Waals surface area (Å²) in [5, 5.41) is 8.69. The molecule has 1 N–H and O–H groups in total. The van der Waals surface area contributed by atoms with E-state index in [0.717, 1.165) is 16.2 Å². The number of carbonyl (C=O) groups is 1. The molecule has 16 heavy (non-hydrogen) atoms. The summed E-state index contributed by atoms with van der Waals surface area (Å²) >= 11 is 3.27. The minimum atomic E-state index is -0.780. The Morgan fingerprint density at radius 1 is 1.12 bits per heavy atom. The zero-order valence-corrected chi connectivity index (χ0v) is 10.2. The molecular weight excluding hydrogens is 240 g/mol. The fraction of sp³-hybridized carbons (Fsp3) is 0.167. The second-order valence-corrected chi connectivity index (χ2v) is 5.69. The molecule has 2 nitrogen and oxygen atoms in total. The first kappa shape index (κ1) is 11.2. The van der Waals surface area contributed by atoms with Gasteiger partial charge in [-0.3, -0.25) is 4.79 Å². The summed E-state index contributed by atoms with van der Waals surface area (Å²) in [4.78, 5) is 15.0. The average molecular weight is 251 g/mol. The number of hydrogen-bond acceptors (Lipinski definition) is 3. The monoisotopic (exact) mass is 251 g/mol. The predicted molar refractivity (Wildman–Crippen MR) is 68.0 cm³/mol. The number of carboxylic acid groups (broad SMARTS) is 1. The van der Waals surface area contributed by atoms with E-state index in [0.29, 0.717) is 0 Å². The van der Waals surface area contributed by atoms with E-state index < -0.39 is 5.97 Å². The summed E-state index contributed by atoms with van der Waals surface area (Å²) in [7, 11) is 0. The van der Waals surface area contributed by atoms with Crippen LogP contribution in [0.1, 0.15) is 9.75 Å². The summed E-state index contributed by atoms with van der Waals surface area (Å²) in [5.41, 5.74) is 0. The van der Waals surface area contributed by atoms with Crippen LogP contribution in [0.3, 0.4) is 0 Å². The Balaban J connectivity index is 2.20. The second kappa shape index (κ2) is 4.72. The van der Waals surface area contributed by atoms with Gasteiger partial charge in [-0.05, 0) is 24.3 Å². The molecule has 2 heterocycles. The predicted octanol–water partition coefficient (Wildman–Crippen LogP) is 3.48. The van der Waals surface area contributed by atoms with Crippen LogP contribution in [0, 0.1) is 6.92 Å². The lowest BCUT2D eigenvalue weighted by atomic mass is 10.3. The van der Waals surface area contributed by atoms with Gasteiger partial charge in [-0.1, -0.05) is 0 Å². The van der Waals surface area contributed by atoms with E-state index in [1.54, 1.807) is 22.7 Å². The lowest BCUT2D eigenvalue weighted by Crippen LogP contribution is -1.96. The van der Waals surface area contributed by atoms with Crippen LogP contribution in [0.5, 0.6) is 0 Å². The molecule has 0 amide bonds.